The molecule has 0 bridgehead atoms. The monoisotopic (exact) mass is 176 g/mol. The van der Waals surface area contributed by atoms with Gasteiger partial charge in [-0.2, -0.15) is 0 Å². The van der Waals surface area contributed by atoms with E-state index in [1.165, 1.54) is 0 Å². The van der Waals surface area contributed by atoms with Gasteiger partial charge in [0.1, 0.15) is 37.1 Å². The summed E-state index contributed by atoms with van der Waals surface area (Å²) in [7, 11) is 2.26. The molecule has 0 N–H and O–H groups in total. The molecule has 2 heterocycles. The highest BCUT2D eigenvalue weighted by atomic mass is 32.2. The van der Waals surface area contributed by atoms with Gasteiger partial charge in [0.25, 0.3) is 0 Å². The van der Waals surface area contributed by atoms with Gasteiger partial charge in [-0.15, -0.1) is 0 Å². The first-order valence-corrected chi connectivity index (χ1v) is 4.91. The predicted octanol–water partition coefficient (Wildman–Crippen LogP) is 0.468. The van der Waals surface area contributed by atoms with E-state index in [4.69, 9.17) is 9.47 Å². The summed E-state index contributed by atoms with van der Waals surface area (Å²) in [5.41, 5.74) is 0. The lowest BCUT2D eigenvalue weighted by Crippen LogP contribution is -2.45. The average molecular weight is 176 g/mol. The van der Waals surface area contributed by atoms with Crippen molar-refractivity contribution >= 4 is 11.9 Å². The minimum absolute atomic E-state index is 0.533. The standard InChI is InChI=1S/C7H14NO2S/c1-8(4-7-5-10-7)2-3-9-6-11-8/h7H,2-6H2,1H3/q+1. The Morgan fingerprint density at radius 1 is 1.64 bits per heavy atom. The molecule has 11 heavy (non-hydrogen) atoms. The van der Waals surface area contributed by atoms with Crippen LogP contribution >= 0.6 is 11.9 Å². The molecule has 2 unspecified atom stereocenters. The summed E-state index contributed by atoms with van der Waals surface area (Å²) < 4.78 is 11.5. The number of hydrogen-bond donors (Lipinski definition) is 0. The second-order valence-corrected chi connectivity index (χ2v) is 4.69. The minimum atomic E-state index is 0.533. The van der Waals surface area contributed by atoms with Crippen LogP contribution in [-0.2, 0) is 9.47 Å². The number of quaternary nitrogens is 1. The van der Waals surface area contributed by atoms with Crippen LogP contribution in [0.25, 0.3) is 0 Å². The molecule has 0 amide bonds. The van der Waals surface area contributed by atoms with Gasteiger partial charge in [0.15, 0.2) is 0 Å². The van der Waals surface area contributed by atoms with E-state index in [1.807, 2.05) is 11.9 Å². The van der Waals surface area contributed by atoms with Crippen molar-refractivity contribution in [2.24, 2.45) is 0 Å². The summed E-state index contributed by atoms with van der Waals surface area (Å²) >= 11 is 1.87. The van der Waals surface area contributed by atoms with Crippen LogP contribution in [0.3, 0.4) is 0 Å². The number of likely N-dealkylation sites (N-methyl/N-ethyl adjacent to an activating group) is 1. The van der Waals surface area contributed by atoms with Crippen molar-refractivity contribution in [2.75, 3.05) is 39.3 Å². The number of ether oxygens (including phenoxy) is 2. The second kappa shape index (κ2) is 2.94. The van der Waals surface area contributed by atoms with Crippen molar-refractivity contribution in [1.29, 1.82) is 0 Å². The Hall–Kier alpha value is 0.230. The molecule has 2 saturated heterocycles. The van der Waals surface area contributed by atoms with E-state index in [0.29, 0.717) is 6.10 Å². The van der Waals surface area contributed by atoms with Crippen LogP contribution in [0, 0.1) is 0 Å². The molecule has 2 aliphatic heterocycles. The van der Waals surface area contributed by atoms with Gasteiger partial charge in [-0.05, 0) is 0 Å². The molecule has 2 fully saturated rings. The summed E-state index contributed by atoms with van der Waals surface area (Å²) in [5.74, 6) is 0.837. The maximum Gasteiger partial charge on any atom is 0.147 e. The molecular weight excluding hydrogens is 162 g/mol. The largest absolute Gasteiger partial charge is 0.367 e. The van der Waals surface area contributed by atoms with E-state index in [1.54, 1.807) is 0 Å². The zero-order chi connectivity index (χ0) is 7.73. The SMILES string of the molecule is C[N+]1(CC2CO2)CCOCS1. The fraction of sp³-hybridized carbons (Fsp3) is 1.00. The molecular formula is C7H14NO2S+. The Morgan fingerprint density at radius 3 is 3.00 bits per heavy atom. The van der Waals surface area contributed by atoms with Crippen molar-refractivity contribution in [3.05, 3.63) is 0 Å². The minimum Gasteiger partial charge on any atom is -0.367 e. The molecule has 4 heteroatoms. The maximum absolute atomic E-state index is 5.27. The van der Waals surface area contributed by atoms with E-state index in [9.17, 15) is 0 Å². The van der Waals surface area contributed by atoms with Crippen LogP contribution in [0.15, 0.2) is 0 Å². The number of epoxide rings is 1. The number of rotatable bonds is 2. The molecule has 0 aromatic rings. The van der Waals surface area contributed by atoms with Crippen LogP contribution in [-0.4, -0.2) is 49.3 Å². The molecule has 2 aliphatic rings. The smallest absolute Gasteiger partial charge is 0.147 e. The van der Waals surface area contributed by atoms with Crippen LogP contribution in [0.4, 0.5) is 0 Å². The second-order valence-electron chi connectivity index (χ2n) is 3.31. The molecule has 64 valence electrons. The van der Waals surface area contributed by atoms with E-state index in [2.05, 4.69) is 7.05 Å². The topological polar surface area (TPSA) is 21.8 Å². The molecule has 0 aromatic heterocycles. The zero-order valence-electron chi connectivity index (χ0n) is 6.78. The first-order valence-electron chi connectivity index (χ1n) is 3.97. The van der Waals surface area contributed by atoms with Crippen LogP contribution < -0.4 is 0 Å². The number of hydrogen-bond acceptors (Lipinski definition) is 3. The van der Waals surface area contributed by atoms with Crippen LogP contribution in [0.2, 0.25) is 0 Å². The third-order valence-corrected chi connectivity index (χ3v) is 3.38. The fourth-order valence-corrected chi connectivity index (χ4v) is 2.22. The maximum atomic E-state index is 5.27. The lowest BCUT2D eigenvalue weighted by Gasteiger charge is -2.34. The Balaban J connectivity index is 1.84. The van der Waals surface area contributed by atoms with Gasteiger partial charge in [0, 0.05) is 0 Å². The van der Waals surface area contributed by atoms with E-state index in [0.717, 1.165) is 36.1 Å². The Kier molecular flexibility index (Phi) is 2.10. The summed E-state index contributed by atoms with van der Waals surface area (Å²) in [6, 6.07) is 0. The number of nitrogens with zero attached hydrogens (tertiary/aromatic N) is 1. The van der Waals surface area contributed by atoms with Gasteiger partial charge >= 0.3 is 0 Å². The third kappa shape index (κ3) is 2.08. The summed E-state index contributed by atoms with van der Waals surface area (Å²) in [6.45, 7) is 4.13. The molecule has 0 spiro atoms. The van der Waals surface area contributed by atoms with Crippen LogP contribution in [0.5, 0.6) is 0 Å². The lowest BCUT2D eigenvalue weighted by molar-refractivity contribution is -0.779. The first kappa shape index (κ1) is 7.86. The van der Waals surface area contributed by atoms with Gasteiger partial charge < -0.3 is 9.47 Å². The van der Waals surface area contributed by atoms with Crippen molar-refractivity contribution in [1.82, 2.24) is 0 Å². The fourth-order valence-electron chi connectivity index (χ4n) is 1.29. The van der Waals surface area contributed by atoms with Crippen molar-refractivity contribution in [3.63, 3.8) is 0 Å². The zero-order valence-corrected chi connectivity index (χ0v) is 7.60. The summed E-state index contributed by atoms with van der Waals surface area (Å²) in [6.07, 6.45) is 0.533. The highest BCUT2D eigenvalue weighted by Crippen LogP contribution is 2.27. The average Bonchev–Trinajstić information content (AvgIpc) is 2.72. The third-order valence-electron chi connectivity index (χ3n) is 2.15. The highest BCUT2D eigenvalue weighted by molar-refractivity contribution is 7.93. The van der Waals surface area contributed by atoms with Gasteiger partial charge in [-0.1, -0.05) is 0 Å². The molecule has 0 aliphatic carbocycles. The molecule has 0 saturated carbocycles. The summed E-state index contributed by atoms with van der Waals surface area (Å²) in [4.78, 5) is 0. The Morgan fingerprint density at radius 2 is 2.45 bits per heavy atom. The normalized spacial score (nSPS) is 43.9. The van der Waals surface area contributed by atoms with Crippen molar-refractivity contribution in [2.45, 2.75) is 6.10 Å². The molecule has 0 radical (unpaired) electrons. The van der Waals surface area contributed by atoms with Crippen LogP contribution in [0.1, 0.15) is 0 Å². The predicted molar refractivity (Wildman–Crippen MR) is 44.1 cm³/mol. The van der Waals surface area contributed by atoms with Gasteiger partial charge in [-0.3, -0.25) is 3.89 Å². The van der Waals surface area contributed by atoms with Gasteiger partial charge in [-0.25, -0.2) is 0 Å². The molecule has 0 aromatic carbocycles. The molecule has 2 atom stereocenters. The van der Waals surface area contributed by atoms with Crippen molar-refractivity contribution in [3.8, 4) is 0 Å². The molecule has 3 nitrogen and oxygen atoms in total. The quantitative estimate of drug-likeness (QED) is 0.347. The summed E-state index contributed by atoms with van der Waals surface area (Å²) in [5, 5.41) is 0. The van der Waals surface area contributed by atoms with Gasteiger partial charge in [0.05, 0.1) is 20.3 Å². The Bertz CT molecular complexity index is 143. The lowest BCUT2D eigenvalue weighted by atomic mass is 10.4. The van der Waals surface area contributed by atoms with E-state index >= 15 is 0 Å². The van der Waals surface area contributed by atoms with Crippen molar-refractivity contribution < 1.29 is 13.4 Å². The first-order chi connectivity index (χ1) is 5.29. The van der Waals surface area contributed by atoms with E-state index < -0.39 is 0 Å². The Labute approximate surface area is 71.4 Å². The van der Waals surface area contributed by atoms with Gasteiger partial charge in [0.2, 0.25) is 0 Å². The highest BCUT2D eigenvalue weighted by Gasteiger charge is 2.36. The molecule has 2 rings (SSSR count). The van der Waals surface area contributed by atoms with E-state index in [-0.39, 0.29) is 0 Å².